The molecule has 7 nitrogen and oxygen atoms in total. The Balaban J connectivity index is 1.26. The van der Waals surface area contributed by atoms with Crippen LogP contribution in [0.5, 0.6) is 0 Å². The van der Waals surface area contributed by atoms with Gasteiger partial charge in [0.1, 0.15) is 11.5 Å². The van der Waals surface area contributed by atoms with Crippen molar-refractivity contribution in [2.24, 2.45) is 0 Å². The van der Waals surface area contributed by atoms with E-state index in [0.717, 1.165) is 42.8 Å². The summed E-state index contributed by atoms with van der Waals surface area (Å²) in [7, 11) is 2.14. The van der Waals surface area contributed by atoms with Gasteiger partial charge in [0.2, 0.25) is 0 Å². The lowest BCUT2D eigenvalue weighted by atomic mass is 10.0. The summed E-state index contributed by atoms with van der Waals surface area (Å²) in [6, 6.07) is 27.9. The van der Waals surface area contributed by atoms with Crippen LogP contribution in [0.2, 0.25) is 5.02 Å². The molecule has 3 atom stereocenters. The first-order valence-electron chi connectivity index (χ1n) is 15.7. The number of rotatable bonds is 12. The van der Waals surface area contributed by atoms with E-state index in [9.17, 15) is 10.1 Å². The number of hydrogen-bond donors (Lipinski definition) is 3. The van der Waals surface area contributed by atoms with Crippen molar-refractivity contribution in [2.45, 2.75) is 57.8 Å². The van der Waals surface area contributed by atoms with E-state index in [1.165, 1.54) is 11.1 Å². The molecule has 1 aliphatic rings. The van der Waals surface area contributed by atoms with Gasteiger partial charge >= 0.3 is 0 Å². The van der Waals surface area contributed by atoms with Crippen LogP contribution in [0.25, 0.3) is 11.3 Å². The van der Waals surface area contributed by atoms with Crippen molar-refractivity contribution in [3.05, 3.63) is 117 Å². The molecule has 1 aromatic heterocycles. The van der Waals surface area contributed by atoms with Gasteiger partial charge in [-0.15, -0.1) is 0 Å². The molecule has 5 rings (SSSR count). The summed E-state index contributed by atoms with van der Waals surface area (Å²) in [5.74, 6) is 1.26. The van der Waals surface area contributed by atoms with Gasteiger partial charge in [0.15, 0.2) is 0 Å². The van der Waals surface area contributed by atoms with Crippen LogP contribution in [0.1, 0.15) is 64.2 Å². The largest absolute Gasteiger partial charge is 0.460 e. The number of carbonyl (C=O) groups excluding carboxylic acids is 1. The number of halogens is 1. The summed E-state index contributed by atoms with van der Waals surface area (Å²) in [6.07, 6.45) is 2.89. The average molecular weight is 624 g/mol. The Labute approximate surface area is 271 Å². The van der Waals surface area contributed by atoms with Gasteiger partial charge in [0.25, 0.3) is 5.91 Å². The van der Waals surface area contributed by atoms with Gasteiger partial charge in [0.05, 0.1) is 28.8 Å². The first-order chi connectivity index (χ1) is 21.8. The lowest BCUT2D eigenvalue weighted by molar-refractivity contribution is 0.0934. The number of furan rings is 1. The van der Waals surface area contributed by atoms with Gasteiger partial charge in [-0.1, -0.05) is 53.6 Å². The van der Waals surface area contributed by atoms with E-state index in [4.69, 9.17) is 16.0 Å². The van der Waals surface area contributed by atoms with Crippen molar-refractivity contribution in [1.29, 1.82) is 5.26 Å². The van der Waals surface area contributed by atoms with E-state index in [1.54, 1.807) is 12.1 Å². The summed E-state index contributed by atoms with van der Waals surface area (Å²) in [5.41, 5.74) is 5.32. The highest BCUT2D eigenvalue weighted by Gasteiger charge is 2.22. The van der Waals surface area contributed by atoms with Crippen LogP contribution in [0.15, 0.2) is 83.3 Å². The molecule has 0 saturated carbocycles. The van der Waals surface area contributed by atoms with Crippen molar-refractivity contribution in [3.8, 4) is 17.4 Å². The maximum absolute atomic E-state index is 13.7. The fourth-order valence-electron chi connectivity index (χ4n) is 5.79. The number of piperidine rings is 1. The lowest BCUT2D eigenvalue weighted by Gasteiger charge is -2.31. The van der Waals surface area contributed by atoms with E-state index in [2.05, 4.69) is 72.1 Å². The summed E-state index contributed by atoms with van der Waals surface area (Å²) in [6.45, 7) is 7.52. The third-order valence-corrected chi connectivity index (χ3v) is 8.82. The zero-order chi connectivity index (χ0) is 31.8. The smallest absolute Gasteiger partial charge is 0.253 e. The topological polar surface area (TPSA) is 93.3 Å². The molecule has 3 N–H and O–H groups in total. The fraction of sp³-hybridized carbons (Fsp3) is 0.351. The SMILES string of the molecule is Cc1ccc([C@@H](C)NCc2ccc(-c3ccc(Cl)c(C(=O)N[C@@H](CN[C@H]4CCCN(C)C4)Cc4ccc(C#N)cc4)c3)o2)cc1. The molecule has 0 spiro atoms. The first kappa shape index (κ1) is 32.5. The average Bonchev–Trinajstić information content (AvgIpc) is 3.52. The summed E-state index contributed by atoms with van der Waals surface area (Å²) < 4.78 is 6.17. The molecular weight excluding hydrogens is 582 g/mol. The van der Waals surface area contributed by atoms with Gasteiger partial charge in [-0.3, -0.25) is 4.79 Å². The van der Waals surface area contributed by atoms with Gasteiger partial charge < -0.3 is 25.3 Å². The van der Waals surface area contributed by atoms with Crippen LogP contribution in [0.3, 0.4) is 0 Å². The Hall–Kier alpha value is -3.93. The Morgan fingerprint density at radius 3 is 2.60 bits per heavy atom. The molecule has 2 heterocycles. The molecule has 234 valence electrons. The fourth-order valence-corrected chi connectivity index (χ4v) is 5.99. The number of carbonyl (C=O) groups is 1. The number of nitrogens with zero attached hydrogens (tertiary/aromatic N) is 2. The Bertz CT molecular complexity index is 1610. The molecule has 0 aliphatic carbocycles. The third-order valence-electron chi connectivity index (χ3n) is 8.49. The summed E-state index contributed by atoms with van der Waals surface area (Å²) >= 11 is 6.57. The van der Waals surface area contributed by atoms with Crippen molar-refractivity contribution >= 4 is 17.5 Å². The second-order valence-corrected chi connectivity index (χ2v) is 12.6. The highest BCUT2D eigenvalue weighted by Crippen LogP contribution is 2.27. The minimum absolute atomic E-state index is 0.172. The Morgan fingerprint density at radius 2 is 1.87 bits per heavy atom. The van der Waals surface area contributed by atoms with Crippen LogP contribution in [-0.2, 0) is 13.0 Å². The standard InChI is InChI=1S/C37H42ClN5O2/c1-25-6-12-29(13-7-25)26(2)40-23-33-15-17-36(45-33)30-14-16-35(38)34(20-30)37(44)42-32(19-27-8-10-28(21-39)11-9-27)22-41-31-5-4-18-43(3)24-31/h6-17,20,26,31-32,40-41H,4-5,18-19,22-24H2,1-3H3,(H,42,44)/t26-,31+,32-/m1/s1. The number of hydrogen-bond acceptors (Lipinski definition) is 6. The number of nitrogens with one attached hydrogen (secondary N) is 3. The highest BCUT2D eigenvalue weighted by molar-refractivity contribution is 6.34. The number of likely N-dealkylation sites (tertiary alicyclic amines) is 1. The zero-order valence-corrected chi connectivity index (χ0v) is 27.0. The quantitative estimate of drug-likeness (QED) is 0.164. The van der Waals surface area contributed by atoms with E-state index < -0.39 is 0 Å². The number of likely N-dealkylation sites (N-methyl/N-ethyl adjacent to an activating group) is 1. The summed E-state index contributed by atoms with van der Waals surface area (Å²) in [5, 5.41) is 20.0. The Morgan fingerprint density at radius 1 is 1.09 bits per heavy atom. The number of amides is 1. The molecule has 4 aromatic rings. The number of aryl methyl sites for hydroxylation is 1. The molecule has 1 aliphatic heterocycles. The van der Waals surface area contributed by atoms with E-state index >= 15 is 0 Å². The minimum atomic E-state index is -0.233. The molecule has 1 saturated heterocycles. The monoisotopic (exact) mass is 623 g/mol. The van der Waals surface area contributed by atoms with Crippen LogP contribution < -0.4 is 16.0 Å². The van der Waals surface area contributed by atoms with Crippen molar-refractivity contribution < 1.29 is 9.21 Å². The molecular formula is C37H42ClN5O2. The van der Waals surface area contributed by atoms with Crippen LogP contribution in [0, 0.1) is 18.3 Å². The Kier molecular flexibility index (Phi) is 11.1. The van der Waals surface area contributed by atoms with Gasteiger partial charge in [0, 0.05) is 36.8 Å². The van der Waals surface area contributed by atoms with Gasteiger partial charge in [-0.2, -0.15) is 5.26 Å². The van der Waals surface area contributed by atoms with Crippen LogP contribution in [0.4, 0.5) is 0 Å². The molecule has 3 aromatic carbocycles. The first-order valence-corrected chi connectivity index (χ1v) is 16.1. The van der Waals surface area contributed by atoms with Crippen molar-refractivity contribution in [2.75, 3.05) is 26.7 Å². The molecule has 8 heteroatoms. The third kappa shape index (κ3) is 9.06. The molecule has 0 unspecified atom stereocenters. The second-order valence-electron chi connectivity index (χ2n) is 12.2. The van der Waals surface area contributed by atoms with E-state index in [-0.39, 0.29) is 18.0 Å². The summed E-state index contributed by atoms with van der Waals surface area (Å²) in [4.78, 5) is 16.0. The molecule has 1 fully saturated rings. The van der Waals surface area contributed by atoms with Crippen LogP contribution in [-0.4, -0.2) is 49.6 Å². The number of nitriles is 1. The van der Waals surface area contributed by atoms with Crippen LogP contribution >= 0.6 is 11.6 Å². The minimum Gasteiger partial charge on any atom is -0.460 e. The maximum Gasteiger partial charge on any atom is 0.253 e. The second kappa shape index (κ2) is 15.4. The predicted molar refractivity (Wildman–Crippen MR) is 180 cm³/mol. The molecule has 45 heavy (non-hydrogen) atoms. The molecule has 1 amide bonds. The predicted octanol–water partition coefficient (Wildman–Crippen LogP) is 6.66. The molecule has 0 radical (unpaired) electrons. The zero-order valence-electron chi connectivity index (χ0n) is 26.3. The normalized spacial score (nSPS) is 16.6. The van der Waals surface area contributed by atoms with Gasteiger partial charge in [-0.25, -0.2) is 0 Å². The maximum atomic E-state index is 13.7. The van der Waals surface area contributed by atoms with Gasteiger partial charge in [-0.05, 0) is 100 Å². The van der Waals surface area contributed by atoms with Crippen molar-refractivity contribution in [1.82, 2.24) is 20.9 Å². The highest BCUT2D eigenvalue weighted by atomic mass is 35.5. The number of benzene rings is 3. The molecule has 0 bridgehead atoms. The van der Waals surface area contributed by atoms with E-state index in [0.29, 0.717) is 47.5 Å². The lowest BCUT2D eigenvalue weighted by Crippen LogP contribution is -2.50. The van der Waals surface area contributed by atoms with Crippen molar-refractivity contribution in [3.63, 3.8) is 0 Å². The van der Waals surface area contributed by atoms with E-state index in [1.807, 2.05) is 42.5 Å².